The first kappa shape index (κ1) is 10.7. The van der Waals surface area contributed by atoms with Crippen molar-refractivity contribution in [3.05, 3.63) is 19.1 Å². The molecule has 0 amide bonds. The molecule has 0 nitrogen and oxygen atoms in total. The van der Waals surface area contributed by atoms with Gasteiger partial charge in [-0.25, -0.2) is 0 Å². The van der Waals surface area contributed by atoms with Crippen molar-refractivity contribution in [3.8, 4) is 0 Å². The molecule has 0 aromatic heterocycles. The van der Waals surface area contributed by atoms with Gasteiger partial charge in [0.15, 0.2) is 0 Å². The summed E-state index contributed by atoms with van der Waals surface area (Å²) in [6.07, 6.45) is 6.86. The van der Waals surface area contributed by atoms with Crippen LogP contribution < -0.4 is 0 Å². The summed E-state index contributed by atoms with van der Waals surface area (Å²) in [5.74, 6) is 0.583. The predicted molar refractivity (Wildman–Crippen MR) is 52.4 cm³/mol. The second-order valence-electron chi connectivity index (χ2n) is 4.13. The highest BCUT2D eigenvalue weighted by atomic mass is 14.2. The molecule has 0 rings (SSSR count). The van der Waals surface area contributed by atoms with E-state index in [1.165, 1.54) is 12.8 Å². The molecule has 0 spiro atoms. The van der Waals surface area contributed by atoms with E-state index in [1.807, 2.05) is 0 Å². The van der Waals surface area contributed by atoms with Crippen LogP contribution >= 0.6 is 0 Å². The van der Waals surface area contributed by atoms with Crippen molar-refractivity contribution < 1.29 is 0 Å². The Kier molecular flexibility index (Phi) is 4.48. The Morgan fingerprint density at radius 3 is 2.36 bits per heavy atom. The molecule has 0 aliphatic heterocycles. The van der Waals surface area contributed by atoms with E-state index in [0.29, 0.717) is 11.3 Å². The predicted octanol–water partition coefficient (Wildman–Crippen LogP) is 3.84. The minimum Gasteiger partial charge on any atom is -0.0911 e. The van der Waals surface area contributed by atoms with Crippen molar-refractivity contribution in [1.82, 2.24) is 0 Å². The molecule has 0 aromatic carbocycles. The minimum absolute atomic E-state index is 0.362. The highest BCUT2D eigenvalue weighted by Crippen LogP contribution is 2.25. The summed E-state index contributed by atoms with van der Waals surface area (Å²) in [4.78, 5) is 0. The fraction of sp³-hybridized carbons (Fsp3) is 0.727. The third-order valence-electron chi connectivity index (χ3n) is 1.90. The standard InChI is InChI=1S/C11H21/c1-6-8-11(4,5)9-7-10(2)3/h6,8,10H,2,7,9H2,1,3-5H3. The normalized spacial score (nSPS) is 13.3. The highest BCUT2D eigenvalue weighted by molar-refractivity contribution is 4.92. The molecule has 0 aliphatic rings. The lowest BCUT2D eigenvalue weighted by Gasteiger charge is -2.20. The van der Waals surface area contributed by atoms with Gasteiger partial charge in [0, 0.05) is 0 Å². The third kappa shape index (κ3) is 6.15. The maximum atomic E-state index is 3.98. The van der Waals surface area contributed by atoms with E-state index in [-0.39, 0.29) is 0 Å². The van der Waals surface area contributed by atoms with Crippen LogP contribution in [0, 0.1) is 18.3 Å². The van der Waals surface area contributed by atoms with Gasteiger partial charge in [-0.05, 0) is 31.1 Å². The molecule has 1 atom stereocenters. The number of allylic oxidation sites excluding steroid dienone is 2. The Balaban J connectivity index is 3.72. The molecule has 0 saturated heterocycles. The van der Waals surface area contributed by atoms with Gasteiger partial charge in [0.2, 0.25) is 0 Å². The lowest BCUT2D eigenvalue weighted by atomic mass is 9.85. The Morgan fingerprint density at radius 2 is 2.00 bits per heavy atom. The summed E-state index contributed by atoms with van der Waals surface area (Å²) >= 11 is 0. The van der Waals surface area contributed by atoms with Crippen LogP contribution in [0.5, 0.6) is 0 Å². The quantitative estimate of drug-likeness (QED) is 0.538. The van der Waals surface area contributed by atoms with Gasteiger partial charge < -0.3 is 0 Å². The van der Waals surface area contributed by atoms with Gasteiger partial charge >= 0.3 is 0 Å². The fourth-order valence-corrected chi connectivity index (χ4v) is 1.15. The smallest absolute Gasteiger partial charge is 0.0175 e. The molecule has 0 fully saturated rings. The van der Waals surface area contributed by atoms with Crippen LogP contribution in [-0.2, 0) is 0 Å². The molecule has 0 heteroatoms. The number of hydrogen-bond donors (Lipinski definition) is 0. The maximum Gasteiger partial charge on any atom is -0.0175 e. The van der Waals surface area contributed by atoms with Crippen LogP contribution in [0.4, 0.5) is 0 Å². The molecule has 1 unspecified atom stereocenters. The van der Waals surface area contributed by atoms with Crippen molar-refractivity contribution in [2.75, 3.05) is 0 Å². The lowest BCUT2D eigenvalue weighted by molar-refractivity contribution is 0.395. The largest absolute Gasteiger partial charge is 0.0911 e. The van der Waals surface area contributed by atoms with Crippen LogP contribution in [0.2, 0.25) is 0 Å². The maximum absolute atomic E-state index is 3.98. The van der Waals surface area contributed by atoms with Crippen molar-refractivity contribution >= 4 is 0 Å². The summed E-state index contributed by atoms with van der Waals surface area (Å²) in [6, 6.07) is 0. The second-order valence-corrected chi connectivity index (χ2v) is 4.13. The van der Waals surface area contributed by atoms with Gasteiger partial charge in [-0.3, -0.25) is 0 Å². The number of hydrogen-bond acceptors (Lipinski definition) is 0. The average Bonchev–Trinajstić information content (AvgIpc) is 1.84. The van der Waals surface area contributed by atoms with Gasteiger partial charge in [0.25, 0.3) is 0 Å². The Morgan fingerprint density at radius 1 is 1.45 bits per heavy atom. The highest BCUT2D eigenvalue weighted by Gasteiger charge is 2.13. The summed E-state index contributed by atoms with van der Waals surface area (Å²) in [5, 5.41) is 0. The van der Waals surface area contributed by atoms with Gasteiger partial charge in [0.1, 0.15) is 0 Å². The first-order valence-electron chi connectivity index (χ1n) is 4.45. The first-order chi connectivity index (χ1) is 4.98. The molecular weight excluding hydrogens is 132 g/mol. The molecule has 0 N–H and O–H groups in total. The van der Waals surface area contributed by atoms with Crippen molar-refractivity contribution in [1.29, 1.82) is 0 Å². The van der Waals surface area contributed by atoms with Gasteiger partial charge in [-0.15, -0.1) is 0 Å². The van der Waals surface area contributed by atoms with Crippen LogP contribution in [0.25, 0.3) is 0 Å². The van der Waals surface area contributed by atoms with Crippen LogP contribution in [-0.4, -0.2) is 0 Å². The van der Waals surface area contributed by atoms with E-state index < -0.39 is 0 Å². The Bertz CT molecular complexity index is 118. The lowest BCUT2D eigenvalue weighted by Crippen LogP contribution is -2.08. The van der Waals surface area contributed by atoms with Gasteiger partial charge in [-0.1, -0.05) is 39.8 Å². The minimum atomic E-state index is 0.362. The van der Waals surface area contributed by atoms with Crippen molar-refractivity contribution in [2.24, 2.45) is 11.3 Å². The Hall–Kier alpha value is -0.260. The van der Waals surface area contributed by atoms with E-state index in [4.69, 9.17) is 0 Å². The van der Waals surface area contributed by atoms with E-state index in [2.05, 4.69) is 46.8 Å². The van der Waals surface area contributed by atoms with Gasteiger partial charge in [-0.2, -0.15) is 0 Å². The molecule has 0 aliphatic carbocycles. The third-order valence-corrected chi connectivity index (χ3v) is 1.90. The monoisotopic (exact) mass is 153 g/mol. The van der Waals surface area contributed by atoms with Crippen molar-refractivity contribution in [3.63, 3.8) is 0 Å². The zero-order valence-corrected chi connectivity index (χ0v) is 8.35. The molecule has 0 bridgehead atoms. The fourth-order valence-electron chi connectivity index (χ4n) is 1.15. The molecule has 11 heavy (non-hydrogen) atoms. The van der Waals surface area contributed by atoms with Crippen LogP contribution in [0.15, 0.2) is 12.2 Å². The second kappa shape index (κ2) is 4.58. The molecular formula is C11H21. The van der Waals surface area contributed by atoms with E-state index in [9.17, 15) is 0 Å². The molecule has 0 heterocycles. The molecule has 1 radical (unpaired) electrons. The summed E-state index contributed by atoms with van der Waals surface area (Å²) in [6.45, 7) is 12.8. The van der Waals surface area contributed by atoms with Crippen molar-refractivity contribution in [2.45, 2.75) is 40.5 Å². The summed E-state index contributed by atoms with van der Waals surface area (Å²) < 4.78 is 0. The molecule has 0 saturated carbocycles. The molecule has 0 aromatic rings. The summed E-state index contributed by atoms with van der Waals surface area (Å²) in [5.41, 5.74) is 0.362. The SMILES string of the molecule is [CH2]C(C)CCC(C)(C)C=CC. The van der Waals surface area contributed by atoms with E-state index in [1.54, 1.807) is 0 Å². The zero-order chi connectivity index (χ0) is 8.91. The van der Waals surface area contributed by atoms with Gasteiger partial charge in [0.05, 0.1) is 0 Å². The topological polar surface area (TPSA) is 0 Å². The summed E-state index contributed by atoms with van der Waals surface area (Å²) in [7, 11) is 0. The van der Waals surface area contributed by atoms with E-state index >= 15 is 0 Å². The molecule has 65 valence electrons. The van der Waals surface area contributed by atoms with Crippen LogP contribution in [0.1, 0.15) is 40.5 Å². The average molecular weight is 153 g/mol. The van der Waals surface area contributed by atoms with Crippen LogP contribution in [0.3, 0.4) is 0 Å². The van der Waals surface area contributed by atoms with E-state index in [0.717, 1.165) is 0 Å². The first-order valence-corrected chi connectivity index (χ1v) is 4.45. The zero-order valence-electron chi connectivity index (χ0n) is 8.35. The Labute approximate surface area is 71.7 Å². The number of rotatable bonds is 4.